The van der Waals surface area contributed by atoms with Gasteiger partial charge in [-0.1, -0.05) is 27.7 Å². The molecule has 0 aromatic rings. The summed E-state index contributed by atoms with van der Waals surface area (Å²) in [5, 5.41) is 3.56. The fraction of sp³-hybridized carbons (Fsp3) is 0.938. The molecule has 2 rings (SSSR count). The number of carbonyl (C=O) groups excluding carboxylic acids is 1. The zero-order chi connectivity index (χ0) is 14.0. The van der Waals surface area contributed by atoms with Crippen LogP contribution >= 0.6 is 0 Å². The van der Waals surface area contributed by atoms with Crippen molar-refractivity contribution >= 4 is 5.91 Å². The van der Waals surface area contributed by atoms with Gasteiger partial charge in [0, 0.05) is 6.04 Å². The first-order valence-corrected chi connectivity index (χ1v) is 8.11. The van der Waals surface area contributed by atoms with Gasteiger partial charge in [0.2, 0.25) is 5.91 Å². The van der Waals surface area contributed by atoms with Crippen LogP contribution in [0.1, 0.15) is 66.2 Å². The van der Waals surface area contributed by atoms with Gasteiger partial charge >= 0.3 is 0 Å². The number of hydrogen-bond acceptors (Lipinski definition) is 2. The highest BCUT2D eigenvalue weighted by atomic mass is 16.2. The molecule has 110 valence electrons. The summed E-state index contributed by atoms with van der Waals surface area (Å²) in [4.78, 5) is 14.8. The largest absolute Gasteiger partial charge is 0.323 e. The van der Waals surface area contributed by atoms with Crippen LogP contribution in [0.15, 0.2) is 0 Å². The predicted molar refractivity (Wildman–Crippen MR) is 78.7 cm³/mol. The monoisotopic (exact) mass is 266 g/mol. The van der Waals surface area contributed by atoms with Crippen LogP contribution in [-0.4, -0.2) is 29.1 Å². The van der Waals surface area contributed by atoms with Gasteiger partial charge in [-0.05, 0) is 50.4 Å². The summed E-state index contributed by atoms with van der Waals surface area (Å²) >= 11 is 0. The van der Waals surface area contributed by atoms with E-state index in [1.807, 2.05) is 0 Å². The van der Waals surface area contributed by atoms with E-state index in [-0.39, 0.29) is 12.2 Å². The molecular weight excluding hydrogens is 236 g/mol. The molecule has 1 aliphatic heterocycles. The van der Waals surface area contributed by atoms with E-state index in [1.165, 1.54) is 25.7 Å². The van der Waals surface area contributed by atoms with Crippen LogP contribution in [0.25, 0.3) is 0 Å². The van der Waals surface area contributed by atoms with Gasteiger partial charge in [-0.3, -0.25) is 10.1 Å². The van der Waals surface area contributed by atoms with Crippen molar-refractivity contribution in [3.63, 3.8) is 0 Å². The zero-order valence-electron chi connectivity index (χ0n) is 13.0. The van der Waals surface area contributed by atoms with Gasteiger partial charge in [0.15, 0.2) is 0 Å². The van der Waals surface area contributed by atoms with E-state index < -0.39 is 0 Å². The highest BCUT2D eigenvalue weighted by Gasteiger charge is 2.42. The summed E-state index contributed by atoms with van der Waals surface area (Å²) in [6.45, 7) is 8.90. The molecule has 3 heteroatoms. The second-order valence-corrected chi connectivity index (χ2v) is 6.93. The third-order valence-corrected chi connectivity index (χ3v) is 4.75. The van der Waals surface area contributed by atoms with Gasteiger partial charge in [-0.15, -0.1) is 0 Å². The van der Waals surface area contributed by atoms with Crippen LogP contribution in [-0.2, 0) is 4.79 Å². The average Bonchev–Trinajstić information content (AvgIpc) is 2.67. The Morgan fingerprint density at radius 2 is 1.89 bits per heavy atom. The summed E-state index contributed by atoms with van der Waals surface area (Å²) in [6, 6.07) is 0.544. The first-order chi connectivity index (χ1) is 9.02. The molecule has 0 spiro atoms. The minimum Gasteiger partial charge on any atom is -0.323 e. The van der Waals surface area contributed by atoms with E-state index in [2.05, 4.69) is 37.9 Å². The molecule has 1 saturated carbocycles. The molecular formula is C16H30N2O. The fourth-order valence-corrected chi connectivity index (χ4v) is 3.63. The Morgan fingerprint density at radius 3 is 2.42 bits per heavy atom. The molecule has 2 unspecified atom stereocenters. The first kappa shape index (κ1) is 14.8. The minimum atomic E-state index is 0.0595. The molecule has 2 atom stereocenters. The van der Waals surface area contributed by atoms with Crippen molar-refractivity contribution in [3.8, 4) is 0 Å². The van der Waals surface area contributed by atoms with Gasteiger partial charge in [-0.25, -0.2) is 0 Å². The van der Waals surface area contributed by atoms with E-state index in [1.54, 1.807) is 0 Å². The standard InChI is InChI=1S/C16H30N2O/c1-5-15-17-14(10-11(2)3)16(19)18(15)13-8-6-12(4)7-9-13/h11-15,17H,5-10H2,1-4H3. The van der Waals surface area contributed by atoms with Gasteiger partial charge in [0.05, 0.1) is 12.2 Å². The van der Waals surface area contributed by atoms with E-state index >= 15 is 0 Å². The van der Waals surface area contributed by atoms with Crippen LogP contribution in [0.3, 0.4) is 0 Å². The molecule has 1 N–H and O–H groups in total. The molecule has 0 radical (unpaired) electrons. The quantitative estimate of drug-likeness (QED) is 0.848. The maximum atomic E-state index is 12.7. The minimum absolute atomic E-state index is 0.0595. The summed E-state index contributed by atoms with van der Waals surface area (Å²) in [6.07, 6.45) is 7.20. The van der Waals surface area contributed by atoms with Crippen LogP contribution < -0.4 is 5.32 Å². The van der Waals surface area contributed by atoms with E-state index in [4.69, 9.17) is 0 Å². The van der Waals surface area contributed by atoms with Crippen molar-refractivity contribution in [1.82, 2.24) is 10.2 Å². The summed E-state index contributed by atoms with van der Waals surface area (Å²) < 4.78 is 0. The number of nitrogens with one attached hydrogen (secondary N) is 1. The Hall–Kier alpha value is -0.570. The van der Waals surface area contributed by atoms with Crippen molar-refractivity contribution in [2.75, 3.05) is 0 Å². The third-order valence-electron chi connectivity index (χ3n) is 4.75. The lowest BCUT2D eigenvalue weighted by Crippen LogP contribution is -2.45. The predicted octanol–water partition coefficient (Wildman–Crippen LogP) is 3.15. The van der Waals surface area contributed by atoms with Crippen molar-refractivity contribution in [2.45, 2.75) is 84.5 Å². The number of nitrogens with zero attached hydrogens (tertiary/aromatic N) is 1. The lowest BCUT2D eigenvalue weighted by molar-refractivity contribution is -0.133. The van der Waals surface area contributed by atoms with Crippen molar-refractivity contribution in [2.24, 2.45) is 11.8 Å². The van der Waals surface area contributed by atoms with Crippen LogP contribution in [0, 0.1) is 11.8 Å². The van der Waals surface area contributed by atoms with Gasteiger partial charge in [0.1, 0.15) is 0 Å². The molecule has 3 nitrogen and oxygen atoms in total. The van der Waals surface area contributed by atoms with E-state index in [0.717, 1.165) is 18.8 Å². The molecule has 19 heavy (non-hydrogen) atoms. The smallest absolute Gasteiger partial charge is 0.241 e. The third kappa shape index (κ3) is 3.31. The summed E-state index contributed by atoms with van der Waals surface area (Å²) in [5.74, 6) is 1.78. The molecule has 0 aromatic carbocycles. The topological polar surface area (TPSA) is 32.3 Å². The SMILES string of the molecule is CCC1NC(CC(C)C)C(=O)N1C1CCC(C)CC1. The molecule has 0 bridgehead atoms. The molecule has 1 saturated heterocycles. The molecule has 1 amide bonds. The van der Waals surface area contributed by atoms with Crippen LogP contribution in [0.5, 0.6) is 0 Å². The summed E-state index contributed by atoms with van der Waals surface area (Å²) in [5.41, 5.74) is 0. The zero-order valence-corrected chi connectivity index (χ0v) is 13.0. The van der Waals surface area contributed by atoms with E-state index in [9.17, 15) is 4.79 Å². The van der Waals surface area contributed by atoms with Crippen molar-refractivity contribution in [3.05, 3.63) is 0 Å². The van der Waals surface area contributed by atoms with Crippen LogP contribution in [0.2, 0.25) is 0 Å². The van der Waals surface area contributed by atoms with Crippen LogP contribution in [0.4, 0.5) is 0 Å². The van der Waals surface area contributed by atoms with Crippen molar-refractivity contribution < 1.29 is 4.79 Å². The Bertz CT molecular complexity index is 308. The first-order valence-electron chi connectivity index (χ1n) is 8.11. The number of rotatable bonds is 4. The highest BCUT2D eigenvalue weighted by molar-refractivity contribution is 5.84. The number of carbonyl (C=O) groups is 1. The average molecular weight is 266 g/mol. The van der Waals surface area contributed by atoms with Gasteiger partial charge < -0.3 is 4.90 Å². The Kier molecular flexibility index (Phi) is 4.88. The molecule has 1 heterocycles. The maximum absolute atomic E-state index is 12.7. The summed E-state index contributed by atoms with van der Waals surface area (Å²) in [7, 11) is 0. The Balaban J connectivity index is 2.03. The molecule has 2 aliphatic rings. The molecule has 1 aliphatic carbocycles. The lowest BCUT2D eigenvalue weighted by atomic mass is 9.86. The fourth-order valence-electron chi connectivity index (χ4n) is 3.63. The second-order valence-electron chi connectivity index (χ2n) is 6.93. The molecule has 0 aromatic heterocycles. The normalized spacial score (nSPS) is 36.3. The number of hydrogen-bond donors (Lipinski definition) is 1. The lowest BCUT2D eigenvalue weighted by Gasteiger charge is -2.36. The van der Waals surface area contributed by atoms with E-state index in [0.29, 0.717) is 17.9 Å². The van der Waals surface area contributed by atoms with Gasteiger partial charge in [0.25, 0.3) is 0 Å². The highest BCUT2D eigenvalue weighted by Crippen LogP contribution is 2.31. The van der Waals surface area contributed by atoms with Crippen molar-refractivity contribution in [1.29, 1.82) is 0 Å². The Labute approximate surface area is 118 Å². The number of amides is 1. The maximum Gasteiger partial charge on any atom is 0.241 e. The Morgan fingerprint density at radius 1 is 1.26 bits per heavy atom. The second kappa shape index (κ2) is 6.25. The van der Waals surface area contributed by atoms with Gasteiger partial charge in [-0.2, -0.15) is 0 Å². The molecule has 2 fully saturated rings.